The van der Waals surface area contributed by atoms with Crippen molar-refractivity contribution in [1.29, 1.82) is 0 Å². The van der Waals surface area contributed by atoms with E-state index in [0.29, 0.717) is 17.3 Å². The lowest BCUT2D eigenvalue weighted by Gasteiger charge is -2.37. The van der Waals surface area contributed by atoms with Gasteiger partial charge in [0.2, 0.25) is 6.08 Å². The molecule has 0 aromatic heterocycles. The Balaban J connectivity index is 2.06. The van der Waals surface area contributed by atoms with Gasteiger partial charge in [-0.15, -0.1) is 0 Å². The monoisotopic (exact) mass is 247 g/mol. The van der Waals surface area contributed by atoms with Gasteiger partial charge in [0, 0.05) is 0 Å². The number of isocyanates is 1. The molecule has 3 aliphatic rings. The number of nitrogens with zero attached hydrogens (tertiary/aromatic N) is 1. The van der Waals surface area contributed by atoms with Crippen LogP contribution in [0.1, 0.15) is 53.4 Å². The molecule has 2 heteroatoms. The van der Waals surface area contributed by atoms with Crippen molar-refractivity contribution in [2.75, 3.05) is 0 Å². The van der Waals surface area contributed by atoms with Gasteiger partial charge in [0.05, 0.1) is 5.54 Å². The molecule has 0 bridgehead atoms. The van der Waals surface area contributed by atoms with Crippen LogP contribution in [-0.2, 0) is 4.79 Å². The molecule has 2 nitrogen and oxygen atoms in total. The first-order valence-electron chi connectivity index (χ1n) is 7.54. The van der Waals surface area contributed by atoms with Crippen LogP contribution in [0.15, 0.2) is 4.99 Å². The number of rotatable bonds is 1. The Morgan fingerprint density at radius 3 is 2.50 bits per heavy atom. The van der Waals surface area contributed by atoms with Gasteiger partial charge in [0.25, 0.3) is 0 Å². The summed E-state index contributed by atoms with van der Waals surface area (Å²) < 4.78 is 0. The van der Waals surface area contributed by atoms with E-state index in [0.717, 1.165) is 24.2 Å². The van der Waals surface area contributed by atoms with Gasteiger partial charge in [-0.1, -0.05) is 27.7 Å². The molecule has 0 saturated heterocycles. The molecular formula is C16H25NO. The third-order valence-corrected chi connectivity index (χ3v) is 6.73. The standard InChI is InChI=1S/C16H25NO/c1-10-7-8-16(17-9-18)11(2)5-6-12-14(13(10)16)15(12,3)4/h10-14H,5-8H2,1-4H3/t10-,11-,12-,13+,14-,16-/m0/s1. The van der Waals surface area contributed by atoms with E-state index in [1.807, 2.05) is 6.08 Å². The number of fused-ring (bicyclic) bond motifs is 3. The van der Waals surface area contributed by atoms with E-state index in [1.54, 1.807) is 0 Å². The van der Waals surface area contributed by atoms with Crippen LogP contribution < -0.4 is 0 Å². The Morgan fingerprint density at radius 1 is 1.11 bits per heavy atom. The minimum atomic E-state index is -0.0750. The molecule has 100 valence electrons. The molecule has 3 rings (SSSR count). The van der Waals surface area contributed by atoms with Crippen molar-refractivity contribution >= 4 is 6.08 Å². The van der Waals surface area contributed by atoms with Crippen molar-refractivity contribution in [3.63, 3.8) is 0 Å². The number of hydrogen-bond donors (Lipinski definition) is 0. The van der Waals surface area contributed by atoms with E-state index in [1.165, 1.54) is 19.3 Å². The summed E-state index contributed by atoms with van der Waals surface area (Å²) in [6, 6.07) is 0. The van der Waals surface area contributed by atoms with Crippen LogP contribution in [0.25, 0.3) is 0 Å². The van der Waals surface area contributed by atoms with Crippen LogP contribution in [0.3, 0.4) is 0 Å². The minimum Gasteiger partial charge on any atom is -0.211 e. The van der Waals surface area contributed by atoms with Crippen molar-refractivity contribution in [1.82, 2.24) is 0 Å². The molecule has 0 amide bonds. The summed E-state index contributed by atoms with van der Waals surface area (Å²) >= 11 is 0. The Morgan fingerprint density at radius 2 is 1.83 bits per heavy atom. The number of hydrogen-bond acceptors (Lipinski definition) is 2. The summed E-state index contributed by atoms with van der Waals surface area (Å²) in [7, 11) is 0. The van der Waals surface area contributed by atoms with Gasteiger partial charge in [-0.3, -0.25) is 0 Å². The second-order valence-electron chi connectivity index (χ2n) is 7.67. The fraction of sp³-hybridized carbons (Fsp3) is 0.938. The fourth-order valence-corrected chi connectivity index (χ4v) is 5.59. The van der Waals surface area contributed by atoms with Gasteiger partial charge in [-0.2, -0.15) is 4.99 Å². The van der Waals surface area contributed by atoms with Crippen molar-refractivity contribution in [2.45, 2.75) is 58.9 Å². The zero-order valence-corrected chi connectivity index (χ0v) is 12.1. The lowest BCUT2D eigenvalue weighted by Crippen LogP contribution is -2.41. The molecule has 3 aliphatic carbocycles. The van der Waals surface area contributed by atoms with Crippen molar-refractivity contribution in [2.24, 2.45) is 40.0 Å². The van der Waals surface area contributed by atoms with E-state index < -0.39 is 0 Å². The topological polar surface area (TPSA) is 29.4 Å². The Labute approximate surface area is 110 Å². The average Bonchev–Trinajstić information content (AvgIpc) is 2.73. The van der Waals surface area contributed by atoms with Crippen molar-refractivity contribution in [3.8, 4) is 0 Å². The van der Waals surface area contributed by atoms with Gasteiger partial charge >= 0.3 is 0 Å². The third kappa shape index (κ3) is 1.36. The fourth-order valence-electron chi connectivity index (χ4n) is 5.59. The van der Waals surface area contributed by atoms with Crippen LogP contribution in [0.5, 0.6) is 0 Å². The summed E-state index contributed by atoms with van der Waals surface area (Å²) in [4.78, 5) is 15.4. The predicted octanol–water partition coefficient (Wildman–Crippen LogP) is 3.81. The van der Waals surface area contributed by atoms with Crippen molar-refractivity contribution < 1.29 is 4.79 Å². The van der Waals surface area contributed by atoms with E-state index in [-0.39, 0.29) is 5.54 Å². The smallest absolute Gasteiger partial charge is 0.211 e. The average molecular weight is 247 g/mol. The second kappa shape index (κ2) is 3.70. The van der Waals surface area contributed by atoms with Gasteiger partial charge in [0.1, 0.15) is 0 Å². The molecular weight excluding hydrogens is 222 g/mol. The number of aliphatic imine (C=N–C) groups is 1. The van der Waals surface area contributed by atoms with Crippen LogP contribution in [0, 0.1) is 35.0 Å². The first-order valence-corrected chi connectivity index (χ1v) is 7.54. The van der Waals surface area contributed by atoms with Gasteiger partial charge in [-0.05, 0) is 60.7 Å². The Bertz CT molecular complexity index is 409. The summed E-state index contributed by atoms with van der Waals surface area (Å²) in [5.41, 5.74) is 0.404. The molecule has 0 N–H and O–H groups in total. The van der Waals surface area contributed by atoms with E-state index in [4.69, 9.17) is 0 Å². The Kier molecular flexibility index (Phi) is 2.55. The zero-order valence-electron chi connectivity index (χ0n) is 12.1. The molecule has 18 heavy (non-hydrogen) atoms. The highest BCUT2D eigenvalue weighted by Crippen LogP contribution is 2.72. The minimum absolute atomic E-state index is 0.0750. The molecule has 0 spiro atoms. The third-order valence-electron chi connectivity index (χ3n) is 6.73. The first kappa shape index (κ1) is 12.4. The summed E-state index contributed by atoms with van der Waals surface area (Å²) in [6.45, 7) is 9.51. The first-order chi connectivity index (χ1) is 8.45. The lowest BCUT2D eigenvalue weighted by atomic mass is 9.71. The van der Waals surface area contributed by atoms with Crippen LogP contribution >= 0.6 is 0 Å². The van der Waals surface area contributed by atoms with Crippen LogP contribution in [0.2, 0.25) is 0 Å². The SMILES string of the molecule is C[C@H]1CC[C@@]2(N=C=O)[C@H]1[C@@H]1[C@H](CC[C@@H]2C)C1(C)C. The quantitative estimate of drug-likeness (QED) is 0.512. The molecule has 3 saturated carbocycles. The maximum atomic E-state index is 11.0. The highest BCUT2D eigenvalue weighted by Gasteiger charge is 2.69. The van der Waals surface area contributed by atoms with Gasteiger partial charge in [0.15, 0.2) is 0 Å². The lowest BCUT2D eigenvalue weighted by molar-refractivity contribution is 0.162. The Hall–Kier alpha value is -0.620. The maximum absolute atomic E-state index is 11.0. The second-order valence-corrected chi connectivity index (χ2v) is 7.67. The van der Waals surface area contributed by atoms with Crippen LogP contribution in [-0.4, -0.2) is 11.6 Å². The normalized spacial score (nSPS) is 52.8. The molecule has 3 fully saturated rings. The van der Waals surface area contributed by atoms with Crippen molar-refractivity contribution in [3.05, 3.63) is 0 Å². The van der Waals surface area contributed by atoms with E-state index >= 15 is 0 Å². The highest BCUT2D eigenvalue weighted by atomic mass is 16.1. The highest BCUT2D eigenvalue weighted by molar-refractivity contribution is 5.37. The van der Waals surface area contributed by atoms with Crippen LogP contribution in [0.4, 0.5) is 0 Å². The molecule has 0 aliphatic heterocycles. The maximum Gasteiger partial charge on any atom is 0.235 e. The zero-order chi connectivity index (χ0) is 13.1. The van der Waals surface area contributed by atoms with Gasteiger partial charge < -0.3 is 0 Å². The molecule has 6 atom stereocenters. The molecule has 0 aromatic carbocycles. The van der Waals surface area contributed by atoms with Gasteiger partial charge in [-0.25, -0.2) is 4.79 Å². The summed E-state index contributed by atoms with van der Waals surface area (Å²) in [5.74, 6) is 3.55. The van der Waals surface area contributed by atoms with E-state index in [2.05, 4.69) is 32.7 Å². The molecule has 0 radical (unpaired) electrons. The number of carbonyl (C=O) groups excluding carboxylic acids is 1. The summed E-state index contributed by atoms with van der Waals surface area (Å²) in [5, 5.41) is 0. The summed E-state index contributed by atoms with van der Waals surface area (Å²) in [6.07, 6.45) is 6.83. The largest absolute Gasteiger partial charge is 0.235 e. The molecule has 0 heterocycles. The molecule has 0 aromatic rings. The van der Waals surface area contributed by atoms with E-state index in [9.17, 15) is 4.79 Å². The predicted molar refractivity (Wildman–Crippen MR) is 71.9 cm³/mol. The molecule has 0 unspecified atom stereocenters.